The van der Waals surface area contributed by atoms with Gasteiger partial charge in [0.2, 0.25) is 0 Å². The molecule has 0 radical (unpaired) electrons. The highest BCUT2D eigenvalue weighted by Gasteiger charge is 2.17. The first-order chi connectivity index (χ1) is 15.6. The Labute approximate surface area is 184 Å². The molecule has 1 amide bonds. The molecule has 5 rings (SSSR count). The van der Waals surface area contributed by atoms with Gasteiger partial charge in [-0.1, -0.05) is 12.1 Å². The summed E-state index contributed by atoms with van der Waals surface area (Å²) in [6, 6.07) is 12.7. The van der Waals surface area contributed by atoms with Crippen molar-refractivity contribution < 1.29 is 4.79 Å². The molecule has 1 fully saturated rings. The Morgan fingerprint density at radius 1 is 1.09 bits per heavy atom. The van der Waals surface area contributed by atoms with Crippen LogP contribution in [0.3, 0.4) is 0 Å². The van der Waals surface area contributed by atoms with Crippen molar-refractivity contribution in [2.45, 2.75) is 19.3 Å². The fourth-order valence-electron chi connectivity index (χ4n) is 4.35. The highest BCUT2D eigenvalue weighted by atomic mass is 16.1. The van der Waals surface area contributed by atoms with Crippen molar-refractivity contribution in [3.63, 3.8) is 0 Å². The molecule has 4 aromatic rings. The van der Waals surface area contributed by atoms with Crippen molar-refractivity contribution >= 4 is 33.5 Å². The fraction of sp³-hybridized carbons (Fsp3) is 0.292. The van der Waals surface area contributed by atoms with E-state index in [1.165, 1.54) is 12.8 Å². The Morgan fingerprint density at radius 2 is 1.91 bits per heavy atom. The van der Waals surface area contributed by atoms with Crippen molar-refractivity contribution in [1.82, 2.24) is 25.2 Å². The van der Waals surface area contributed by atoms with E-state index >= 15 is 0 Å². The van der Waals surface area contributed by atoms with Gasteiger partial charge in [0, 0.05) is 23.0 Å². The van der Waals surface area contributed by atoms with Crippen LogP contribution in [0.25, 0.3) is 33.3 Å². The number of nitrogens with one attached hydrogen (secondary N) is 3. The van der Waals surface area contributed by atoms with Gasteiger partial charge in [-0.05, 0) is 69.2 Å². The smallest absolute Gasteiger partial charge is 0.276 e. The van der Waals surface area contributed by atoms with Gasteiger partial charge >= 0.3 is 0 Å². The SMILES string of the molecule is Nc1c(-c2nc3ccccc3[nH]c2=O)[nH]c2ccc(C(=O)NCCCN3CCCC3)cc12. The van der Waals surface area contributed by atoms with Gasteiger partial charge in [0.1, 0.15) is 0 Å². The lowest BCUT2D eigenvalue weighted by molar-refractivity contribution is 0.0952. The molecule has 1 saturated heterocycles. The number of nitrogens with zero attached hydrogens (tertiary/aromatic N) is 2. The third-order valence-corrected chi connectivity index (χ3v) is 6.07. The van der Waals surface area contributed by atoms with Crippen LogP contribution in [0.5, 0.6) is 0 Å². The Bertz CT molecular complexity index is 1350. The van der Waals surface area contributed by atoms with Gasteiger partial charge in [0.25, 0.3) is 11.5 Å². The second-order valence-corrected chi connectivity index (χ2v) is 8.26. The average molecular weight is 431 g/mol. The summed E-state index contributed by atoms with van der Waals surface area (Å²) in [5.74, 6) is -0.128. The normalized spacial score (nSPS) is 14.4. The molecular formula is C24H26N6O2. The number of rotatable bonds is 6. The Kier molecular flexibility index (Phi) is 5.36. The second kappa shape index (κ2) is 8.47. The summed E-state index contributed by atoms with van der Waals surface area (Å²) in [6.45, 7) is 3.97. The van der Waals surface area contributed by atoms with Crippen molar-refractivity contribution in [1.29, 1.82) is 0 Å². The molecule has 0 saturated carbocycles. The molecule has 0 aliphatic carbocycles. The third-order valence-electron chi connectivity index (χ3n) is 6.07. The van der Waals surface area contributed by atoms with Gasteiger partial charge in [0.05, 0.1) is 22.4 Å². The van der Waals surface area contributed by atoms with E-state index in [-0.39, 0.29) is 17.2 Å². The summed E-state index contributed by atoms with van der Waals surface area (Å²) >= 11 is 0. The minimum atomic E-state index is -0.321. The van der Waals surface area contributed by atoms with E-state index in [1.807, 2.05) is 24.3 Å². The van der Waals surface area contributed by atoms with Crippen LogP contribution in [0, 0.1) is 0 Å². The summed E-state index contributed by atoms with van der Waals surface area (Å²) in [6.07, 6.45) is 3.47. The molecule has 2 aromatic heterocycles. The maximum Gasteiger partial charge on any atom is 0.276 e. The molecule has 164 valence electrons. The number of carbonyl (C=O) groups is 1. The maximum atomic E-state index is 12.6. The third kappa shape index (κ3) is 3.85. The van der Waals surface area contributed by atoms with Gasteiger partial charge in [0.15, 0.2) is 5.69 Å². The van der Waals surface area contributed by atoms with E-state index in [9.17, 15) is 9.59 Å². The van der Waals surface area contributed by atoms with Crippen LogP contribution in [-0.2, 0) is 0 Å². The van der Waals surface area contributed by atoms with E-state index in [4.69, 9.17) is 5.73 Å². The first-order valence-electron chi connectivity index (χ1n) is 11.0. The minimum Gasteiger partial charge on any atom is -0.396 e. The van der Waals surface area contributed by atoms with Crippen molar-refractivity contribution in [2.75, 3.05) is 31.9 Å². The number of hydrogen-bond donors (Lipinski definition) is 4. The maximum absolute atomic E-state index is 12.6. The summed E-state index contributed by atoms with van der Waals surface area (Å²) in [5, 5.41) is 3.68. The first-order valence-corrected chi connectivity index (χ1v) is 11.0. The zero-order chi connectivity index (χ0) is 22.1. The molecule has 0 unspecified atom stereocenters. The molecule has 32 heavy (non-hydrogen) atoms. The Morgan fingerprint density at radius 3 is 2.75 bits per heavy atom. The number of aromatic amines is 2. The molecule has 8 heteroatoms. The predicted molar refractivity (Wildman–Crippen MR) is 127 cm³/mol. The fourth-order valence-corrected chi connectivity index (χ4v) is 4.35. The second-order valence-electron chi connectivity index (χ2n) is 8.26. The summed E-state index contributed by atoms with van der Waals surface area (Å²) in [4.78, 5) is 38.2. The number of benzene rings is 2. The van der Waals surface area contributed by atoms with Crippen LogP contribution >= 0.6 is 0 Å². The number of para-hydroxylation sites is 2. The lowest BCUT2D eigenvalue weighted by Crippen LogP contribution is -2.28. The highest BCUT2D eigenvalue weighted by molar-refractivity contribution is 6.04. The predicted octanol–water partition coefficient (Wildman–Crippen LogP) is 2.87. The van der Waals surface area contributed by atoms with E-state index in [0.29, 0.717) is 39.9 Å². The number of nitrogen functional groups attached to an aromatic ring is 1. The summed E-state index contributed by atoms with van der Waals surface area (Å²) in [5.41, 5.74) is 9.77. The number of likely N-dealkylation sites (tertiary alicyclic amines) is 1. The molecule has 5 N–H and O–H groups in total. The lowest BCUT2D eigenvalue weighted by atomic mass is 10.1. The molecule has 1 aliphatic heterocycles. The standard InChI is InChI=1S/C24H26N6O2/c25-20-16-14-15(23(31)26-10-5-13-30-11-3-4-12-30)8-9-17(16)27-21(20)22-24(32)29-19-7-2-1-6-18(19)28-22/h1-2,6-9,14,27H,3-5,10-13,25H2,(H,26,31)(H,29,32). The number of amides is 1. The number of anilines is 1. The summed E-state index contributed by atoms with van der Waals surface area (Å²) < 4.78 is 0. The largest absolute Gasteiger partial charge is 0.396 e. The van der Waals surface area contributed by atoms with E-state index in [1.54, 1.807) is 18.2 Å². The molecule has 0 atom stereocenters. The zero-order valence-corrected chi connectivity index (χ0v) is 17.8. The van der Waals surface area contributed by atoms with Gasteiger partial charge < -0.3 is 25.9 Å². The van der Waals surface area contributed by atoms with E-state index in [2.05, 4.69) is 25.2 Å². The van der Waals surface area contributed by atoms with Crippen LogP contribution in [0.2, 0.25) is 0 Å². The van der Waals surface area contributed by atoms with Crippen molar-refractivity contribution in [3.05, 3.63) is 58.4 Å². The average Bonchev–Trinajstić information content (AvgIpc) is 3.44. The molecule has 2 aromatic carbocycles. The number of hydrogen-bond acceptors (Lipinski definition) is 5. The van der Waals surface area contributed by atoms with Gasteiger partial charge in [-0.3, -0.25) is 9.59 Å². The first kappa shape index (κ1) is 20.3. The number of fused-ring (bicyclic) bond motifs is 2. The molecule has 8 nitrogen and oxygen atoms in total. The van der Waals surface area contributed by atoms with Gasteiger partial charge in [-0.25, -0.2) is 4.98 Å². The molecule has 1 aliphatic rings. The molecule has 3 heterocycles. The Balaban J connectivity index is 1.37. The Hall–Kier alpha value is -3.65. The van der Waals surface area contributed by atoms with Crippen LogP contribution in [0.15, 0.2) is 47.3 Å². The number of aromatic nitrogens is 3. The molecule has 0 bridgehead atoms. The highest BCUT2D eigenvalue weighted by Crippen LogP contribution is 2.31. The van der Waals surface area contributed by atoms with Crippen LogP contribution in [0.1, 0.15) is 29.6 Å². The van der Waals surface area contributed by atoms with Crippen molar-refractivity contribution in [3.8, 4) is 11.4 Å². The lowest BCUT2D eigenvalue weighted by Gasteiger charge is -2.14. The quantitative estimate of drug-likeness (QED) is 0.351. The number of carbonyl (C=O) groups excluding carboxylic acids is 1. The summed E-state index contributed by atoms with van der Waals surface area (Å²) in [7, 11) is 0. The van der Waals surface area contributed by atoms with Gasteiger partial charge in [-0.2, -0.15) is 0 Å². The van der Waals surface area contributed by atoms with Gasteiger partial charge in [-0.15, -0.1) is 0 Å². The van der Waals surface area contributed by atoms with E-state index < -0.39 is 0 Å². The van der Waals surface area contributed by atoms with Crippen LogP contribution in [-0.4, -0.2) is 51.9 Å². The van der Waals surface area contributed by atoms with Crippen LogP contribution in [0.4, 0.5) is 5.69 Å². The number of nitrogens with two attached hydrogens (primary N) is 1. The topological polar surface area (TPSA) is 120 Å². The number of H-pyrrole nitrogens is 2. The zero-order valence-electron chi connectivity index (χ0n) is 17.8. The van der Waals surface area contributed by atoms with Crippen LogP contribution < -0.4 is 16.6 Å². The molecular weight excluding hydrogens is 404 g/mol. The monoisotopic (exact) mass is 430 g/mol. The van der Waals surface area contributed by atoms with Crippen molar-refractivity contribution in [2.24, 2.45) is 0 Å². The molecule has 0 spiro atoms. The van der Waals surface area contributed by atoms with E-state index in [0.717, 1.165) is 31.6 Å². The minimum absolute atomic E-state index is 0.128.